The van der Waals surface area contributed by atoms with Gasteiger partial charge in [0.25, 0.3) is 0 Å². The van der Waals surface area contributed by atoms with E-state index in [9.17, 15) is 9.41 Å². The fourth-order valence-corrected chi connectivity index (χ4v) is 7.94. The van der Waals surface area contributed by atoms with E-state index in [0.29, 0.717) is 5.46 Å². The molecule has 20 heavy (non-hydrogen) atoms. The van der Waals surface area contributed by atoms with E-state index in [2.05, 4.69) is 32.9 Å². The molecule has 0 saturated carbocycles. The molecule has 0 unspecified atom stereocenters. The Morgan fingerprint density at radius 3 is 2.45 bits per heavy atom. The van der Waals surface area contributed by atoms with E-state index in [0.717, 1.165) is 14.7 Å². The van der Waals surface area contributed by atoms with Crippen LogP contribution in [0, 0.1) is 33.7 Å². The summed E-state index contributed by atoms with van der Waals surface area (Å²) in [6, 6.07) is 9.19. The Bertz CT molecular complexity index is 667. The SMILES string of the molecule is Cc1cc(C)c(I2OB(O)c3c(F)cccc32)c(C)c1. The Morgan fingerprint density at radius 1 is 1.15 bits per heavy atom. The molecule has 0 radical (unpaired) electrons. The molecule has 1 aliphatic rings. The van der Waals surface area contributed by atoms with Crippen LogP contribution in [0.25, 0.3) is 0 Å². The number of hydrogen-bond donors (Lipinski definition) is 1. The summed E-state index contributed by atoms with van der Waals surface area (Å²) < 4.78 is 21.7. The van der Waals surface area contributed by atoms with Crippen molar-refractivity contribution in [1.82, 2.24) is 0 Å². The van der Waals surface area contributed by atoms with Crippen molar-refractivity contribution >= 4 is 32.8 Å². The second-order valence-electron chi connectivity index (χ2n) is 5.04. The van der Waals surface area contributed by atoms with Gasteiger partial charge in [0.2, 0.25) is 0 Å². The number of halogens is 2. The van der Waals surface area contributed by atoms with Gasteiger partial charge < -0.3 is 0 Å². The minimum absolute atomic E-state index is 0.331. The maximum atomic E-state index is 13.9. The van der Waals surface area contributed by atoms with Crippen LogP contribution in [0.5, 0.6) is 0 Å². The van der Waals surface area contributed by atoms with Crippen LogP contribution in [0.2, 0.25) is 0 Å². The summed E-state index contributed by atoms with van der Waals surface area (Å²) in [5, 5.41) is 10.0. The van der Waals surface area contributed by atoms with Gasteiger partial charge in [-0.25, -0.2) is 0 Å². The third-order valence-corrected chi connectivity index (χ3v) is 9.03. The predicted octanol–water partition coefficient (Wildman–Crippen LogP) is 2.93. The second kappa shape index (κ2) is 5.13. The van der Waals surface area contributed by atoms with Crippen molar-refractivity contribution in [2.24, 2.45) is 0 Å². The van der Waals surface area contributed by atoms with Crippen molar-refractivity contribution in [1.29, 1.82) is 0 Å². The van der Waals surface area contributed by atoms with E-state index < -0.39 is 27.4 Å². The van der Waals surface area contributed by atoms with Crippen LogP contribution in [0.4, 0.5) is 4.39 Å². The fourth-order valence-electron chi connectivity index (χ4n) is 2.65. The van der Waals surface area contributed by atoms with Crippen LogP contribution in [-0.2, 0) is 2.98 Å². The summed E-state index contributed by atoms with van der Waals surface area (Å²) in [5.74, 6) is -0.378. The number of fused-ring (bicyclic) bond motifs is 1. The van der Waals surface area contributed by atoms with Crippen LogP contribution in [0.3, 0.4) is 0 Å². The first-order chi connectivity index (χ1) is 9.49. The molecular weight excluding hydrogens is 369 g/mol. The van der Waals surface area contributed by atoms with Crippen LogP contribution in [-0.4, -0.2) is 12.1 Å². The van der Waals surface area contributed by atoms with E-state index in [1.807, 2.05) is 6.07 Å². The summed E-state index contributed by atoms with van der Waals surface area (Å²) in [6.07, 6.45) is 0. The Hall–Kier alpha value is -0.915. The molecule has 0 amide bonds. The molecule has 1 N–H and O–H groups in total. The van der Waals surface area contributed by atoms with Crippen molar-refractivity contribution < 1.29 is 12.4 Å². The maximum absolute atomic E-state index is 13.9. The first-order valence-corrected chi connectivity index (χ1v) is 9.44. The van der Waals surface area contributed by atoms with Gasteiger partial charge in [-0.1, -0.05) is 0 Å². The number of hydrogen-bond acceptors (Lipinski definition) is 2. The molecule has 0 saturated heterocycles. The standard InChI is InChI=1S/C15H15BFIO2/c1-9-7-10(2)15(11(3)8-9)18-13-6-4-5-12(17)14(13)16(19)20-18/h4-8,19H,1-3H3. The molecule has 1 heterocycles. The second-order valence-corrected chi connectivity index (χ2v) is 9.21. The molecule has 0 atom stereocenters. The zero-order valence-corrected chi connectivity index (χ0v) is 13.7. The summed E-state index contributed by atoms with van der Waals surface area (Å²) in [5.41, 5.74) is 3.87. The molecule has 3 rings (SSSR count). The number of benzene rings is 2. The molecule has 1 aliphatic heterocycles. The minimum atomic E-state index is -2.22. The van der Waals surface area contributed by atoms with Gasteiger partial charge in [0.05, 0.1) is 0 Å². The van der Waals surface area contributed by atoms with Crippen molar-refractivity contribution in [3.05, 3.63) is 60.0 Å². The van der Waals surface area contributed by atoms with Crippen LogP contribution < -0.4 is 5.46 Å². The summed E-state index contributed by atoms with van der Waals surface area (Å²) in [7, 11) is -1.13. The number of aryl methyl sites for hydroxylation is 3. The van der Waals surface area contributed by atoms with E-state index >= 15 is 0 Å². The van der Waals surface area contributed by atoms with Gasteiger partial charge >= 0.3 is 126 Å². The van der Waals surface area contributed by atoms with Crippen molar-refractivity contribution in [2.75, 3.05) is 0 Å². The third kappa shape index (κ3) is 2.17. The van der Waals surface area contributed by atoms with Crippen molar-refractivity contribution in [3.63, 3.8) is 0 Å². The number of rotatable bonds is 1. The topological polar surface area (TPSA) is 29.5 Å². The van der Waals surface area contributed by atoms with Gasteiger partial charge in [0.15, 0.2) is 0 Å². The summed E-state index contributed by atoms with van der Waals surface area (Å²) in [4.78, 5) is 0. The van der Waals surface area contributed by atoms with E-state index in [1.165, 1.54) is 15.2 Å². The monoisotopic (exact) mass is 384 g/mol. The zero-order valence-electron chi connectivity index (χ0n) is 11.6. The average molecular weight is 384 g/mol. The van der Waals surface area contributed by atoms with E-state index in [4.69, 9.17) is 2.98 Å². The quantitative estimate of drug-likeness (QED) is 0.606. The Labute approximate surface area is 126 Å². The Balaban J connectivity index is 2.18. The van der Waals surface area contributed by atoms with E-state index in [1.54, 1.807) is 6.07 Å². The van der Waals surface area contributed by atoms with Crippen LogP contribution in [0.1, 0.15) is 16.7 Å². The molecule has 0 aliphatic carbocycles. The van der Waals surface area contributed by atoms with Crippen molar-refractivity contribution in [3.8, 4) is 0 Å². The summed E-state index contributed by atoms with van der Waals surface area (Å²) >= 11 is -2.22. The molecular formula is C15H15BFIO2. The Morgan fingerprint density at radius 2 is 1.80 bits per heavy atom. The molecule has 2 aromatic carbocycles. The molecule has 0 fully saturated rings. The van der Waals surface area contributed by atoms with Gasteiger partial charge in [-0.3, -0.25) is 0 Å². The van der Waals surface area contributed by atoms with Gasteiger partial charge in [0, 0.05) is 0 Å². The van der Waals surface area contributed by atoms with Crippen molar-refractivity contribution in [2.45, 2.75) is 20.8 Å². The van der Waals surface area contributed by atoms with Gasteiger partial charge in [-0.2, -0.15) is 0 Å². The first-order valence-electron chi connectivity index (χ1n) is 6.40. The molecule has 0 aromatic heterocycles. The van der Waals surface area contributed by atoms with E-state index in [-0.39, 0.29) is 5.82 Å². The molecule has 0 bridgehead atoms. The zero-order chi connectivity index (χ0) is 14.4. The molecule has 0 spiro atoms. The van der Waals surface area contributed by atoms with Gasteiger partial charge in [-0.15, -0.1) is 0 Å². The Kier molecular flexibility index (Phi) is 3.60. The van der Waals surface area contributed by atoms with Gasteiger partial charge in [0.1, 0.15) is 0 Å². The van der Waals surface area contributed by atoms with Crippen LogP contribution >= 0.6 is 20.2 Å². The van der Waals surface area contributed by atoms with Gasteiger partial charge in [-0.05, 0) is 0 Å². The molecule has 5 heteroatoms. The van der Waals surface area contributed by atoms with Crippen LogP contribution in [0.15, 0.2) is 30.3 Å². The third-order valence-electron chi connectivity index (χ3n) is 3.36. The molecule has 2 nitrogen and oxygen atoms in total. The normalized spacial score (nSPS) is 15.7. The average Bonchev–Trinajstić information content (AvgIpc) is 2.67. The first kappa shape index (κ1) is 14.0. The fraction of sp³-hybridized carbons (Fsp3) is 0.200. The summed E-state index contributed by atoms with van der Waals surface area (Å²) in [6.45, 7) is 6.17. The molecule has 104 valence electrons. The predicted molar refractivity (Wildman–Crippen MR) is 87.2 cm³/mol. The molecule has 2 aromatic rings.